The summed E-state index contributed by atoms with van der Waals surface area (Å²) in [6, 6.07) is 9.02. The molecule has 108 valence electrons. The SMILES string of the molecule is N=C(N)c1ccc(Cl)cc1Oc1cccc([N+](=O)[O-])c1Br. The van der Waals surface area contributed by atoms with Crippen molar-refractivity contribution in [3.63, 3.8) is 0 Å². The van der Waals surface area contributed by atoms with E-state index in [0.29, 0.717) is 10.6 Å². The first-order chi connectivity index (χ1) is 9.90. The van der Waals surface area contributed by atoms with Gasteiger partial charge in [-0.05, 0) is 34.1 Å². The van der Waals surface area contributed by atoms with Crippen molar-refractivity contribution in [3.8, 4) is 11.5 Å². The Balaban J connectivity index is 2.48. The summed E-state index contributed by atoms with van der Waals surface area (Å²) in [5.41, 5.74) is 5.69. The normalized spacial score (nSPS) is 10.2. The van der Waals surface area contributed by atoms with Crippen LogP contribution in [0.4, 0.5) is 5.69 Å². The van der Waals surface area contributed by atoms with Gasteiger partial charge in [-0.25, -0.2) is 0 Å². The van der Waals surface area contributed by atoms with Crippen LogP contribution in [0, 0.1) is 15.5 Å². The van der Waals surface area contributed by atoms with Crippen molar-refractivity contribution < 1.29 is 9.66 Å². The minimum absolute atomic E-state index is 0.126. The lowest BCUT2D eigenvalue weighted by molar-refractivity contribution is -0.385. The largest absolute Gasteiger partial charge is 0.455 e. The molecular weight excluding hydrogens is 362 g/mol. The van der Waals surface area contributed by atoms with Crippen LogP contribution in [0.1, 0.15) is 5.56 Å². The van der Waals surface area contributed by atoms with Crippen LogP contribution in [0.25, 0.3) is 0 Å². The van der Waals surface area contributed by atoms with E-state index in [2.05, 4.69) is 15.9 Å². The third-order valence-corrected chi connectivity index (χ3v) is 3.63. The fraction of sp³-hybridized carbons (Fsp3) is 0. The highest BCUT2D eigenvalue weighted by Gasteiger charge is 2.18. The molecule has 0 fully saturated rings. The highest BCUT2D eigenvalue weighted by atomic mass is 79.9. The molecule has 21 heavy (non-hydrogen) atoms. The summed E-state index contributed by atoms with van der Waals surface area (Å²) >= 11 is 9.03. The maximum atomic E-state index is 10.9. The molecule has 0 unspecified atom stereocenters. The third kappa shape index (κ3) is 3.32. The van der Waals surface area contributed by atoms with E-state index in [1.165, 1.54) is 18.2 Å². The topological polar surface area (TPSA) is 102 Å². The van der Waals surface area contributed by atoms with Crippen LogP contribution < -0.4 is 10.5 Å². The lowest BCUT2D eigenvalue weighted by atomic mass is 10.2. The van der Waals surface area contributed by atoms with Gasteiger partial charge in [-0.15, -0.1) is 0 Å². The Bertz CT molecular complexity index is 737. The van der Waals surface area contributed by atoms with Gasteiger partial charge in [0.1, 0.15) is 21.8 Å². The van der Waals surface area contributed by atoms with Crippen LogP contribution in [0.2, 0.25) is 5.02 Å². The third-order valence-electron chi connectivity index (χ3n) is 2.59. The number of nitrogens with one attached hydrogen (secondary N) is 1. The number of nitrogen functional groups attached to an aromatic ring is 1. The van der Waals surface area contributed by atoms with Gasteiger partial charge in [0.15, 0.2) is 0 Å². The summed E-state index contributed by atoms with van der Waals surface area (Å²) in [6.45, 7) is 0. The second-order valence-corrected chi connectivity index (χ2v) is 5.23. The molecular formula is C13H9BrClN3O3. The lowest BCUT2D eigenvalue weighted by Crippen LogP contribution is -2.12. The highest BCUT2D eigenvalue weighted by molar-refractivity contribution is 9.10. The van der Waals surface area contributed by atoms with E-state index < -0.39 is 4.92 Å². The number of nitrogens with two attached hydrogens (primary N) is 1. The Morgan fingerprint density at radius 1 is 1.33 bits per heavy atom. The van der Waals surface area contributed by atoms with E-state index in [0.717, 1.165) is 0 Å². The molecule has 0 heterocycles. The molecule has 0 aliphatic carbocycles. The van der Waals surface area contributed by atoms with Crippen LogP contribution in [0.3, 0.4) is 0 Å². The molecule has 2 rings (SSSR count). The molecule has 0 aliphatic heterocycles. The summed E-state index contributed by atoms with van der Waals surface area (Å²) in [4.78, 5) is 10.4. The fourth-order valence-electron chi connectivity index (χ4n) is 1.64. The maximum absolute atomic E-state index is 10.9. The van der Waals surface area contributed by atoms with E-state index in [1.54, 1.807) is 18.2 Å². The molecule has 3 N–H and O–H groups in total. The summed E-state index contributed by atoms with van der Waals surface area (Å²) in [7, 11) is 0. The van der Waals surface area contributed by atoms with Gasteiger partial charge in [0.2, 0.25) is 0 Å². The molecule has 2 aromatic rings. The number of nitro benzene ring substituents is 1. The molecule has 8 heteroatoms. The van der Waals surface area contributed by atoms with Crippen molar-refractivity contribution in [2.75, 3.05) is 0 Å². The number of hydrogen-bond donors (Lipinski definition) is 2. The summed E-state index contributed by atoms with van der Waals surface area (Å²) in [6.07, 6.45) is 0. The monoisotopic (exact) mass is 369 g/mol. The quantitative estimate of drug-likeness (QED) is 0.366. The van der Waals surface area contributed by atoms with Gasteiger partial charge in [-0.2, -0.15) is 0 Å². The Labute approximate surface area is 133 Å². The minimum Gasteiger partial charge on any atom is -0.455 e. The molecule has 0 aliphatic rings. The molecule has 6 nitrogen and oxygen atoms in total. The second-order valence-electron chi connectivity index (χ2n) is 4.00. The van der Waals surface area contributed by atoms with Gasteiger partial charge < -0.3 is 10.5 Å². The molecule has 0 aromatic heterocycles. The first-order valence-corrected chi connectivity index (χ1v) is 6.82. The van der Waals surface area contributed by atoms with Crippen molar-refractivity contribution in [1.29, 1.82) is 5.41 Å². The van der Waals surface area contributed by atoms with Gasteiger partial charge in [0, 0.05) is 17.2 Å². The number of hydrogen-bond acceptors (Lipinski definition) is 4. The van der Waals surface area contributed by atoms with Crippen molar-refractivity contribution in [2.45, 2.75) is 0 Å². The van der Waals surface area contributed by atoms with E-state index in [4.69, 9.17) is 27.5 Å². The summed E-state index contributed by atoms with van der Waals surface area (Å²) in [5, 5.41) is 18.8. The van der Waals surface area contributed by atoms with Crippen LogP contribution >= 0.6 is 27.5 Å². The number of benzene rings is 2. The average Bonchev–Trinajstić information content (AvgIpc) is 2.40. The second kappa shape index (κ2) is 6.11. The molecule has 0 spiro atoms. The number of amidine groups is 1. The van der Waals surface area contributed by atoms with Gasteiger partial charge >= 0.3 is 0 Å². The van der Waals surface area contributed by atoms with Crippen LogP contribution in [0.5, 0.6) is 11.5 Å². The van der Waals surface area contributed by atoms with E-state index >= 15 is 0 Å². The molecule has 0 atom stereocenters. The molecule has 0 radical (unpaired) electrons. The first kappa shape index (κ1) is 15.3. The number of halogens is 2. The number of rotatable bonds is 4. The number of ether oxygens (including phenoxy) is 1. The maximum Gasteiger partial charge on any atom is 0.287 e. The zero-order chi connectivity index (χ0) is 15.6. The van der Waals surface area contributed by atoms with Crippen molar-refractivity contribution in [2.24, 2.45) is 5.73 Å². The number of nitrogens with zero attached hydrogens (tertiary/aromatic N) is 1. The van der Waals surface area contributed by atoms with Crippen molar-refractivity contribution in [3.05, 3.63) is 61.6 Å². The highest BCUT2D eigenvalue weighted by Crippen LogP contribution is 2.37. The lowest BCUT2D eigenvalue weighted by Gasteiger charge is -2.12. The summed E-state index contributed by atoms with van der Waals surface area (Å²) in [5.74, 6) is 0.286. The van der Waals surface area contributed by atoms with Gasteiger partial charge in [-0.3, -0.25) is 15.5 Å². The Morgan fingerprint density at radius 2 is 2.05 bits per heavy atom. The molecule has 0 bridgehead atoms. The van der Waals surface area contributed by atoms with Gasteiger partial charge in [0.05, 0.1) is 10.5 Å². The Morgan fingerprint density at radius 3 is 2.67 bits per heavy atom. The predicted molar refractivity (Wildman–Crippen MR) is 83.3 cm³/mol. The van der Waals surface area contributed by atoms with Crippen LogP contribution in [-0.2, 0) is 0 Å². The van der Waals surface area contributed by atoms with Gasteiger partial charge in [-0.1, -0.05) is 17.7 Å². The predicted octanol–water partition coefficient (Wildman–Crippen LogP) is 4.09. The van der Waals surface area contributed by atoms with Crippen LogP contribution in [-0.4, -0.2) is 10.8 Å². The zero-order valence-corrected chi connectivity index (χ0v) is 12.8. The minimum atomic E-state index is -0.527. The van der Waals surface area contributed by atoms with E-state index in [-0.39, 0.29) is 27.5 Å². The first-order valence-electron chi connectivity index (χ1n) is 5.65. The van der Waals surface area contributed by atoms with E-state index in [9.17, 15) is 10.1 Å². The fourth-order valence-corrected chi connectivity index (χ4v) is 2.29. The van der Waals surface area contributed by atoms with E-state index in [1.807, 2.05) is 0 Å². The molecule has 2 aromatic carbocycles. The average molecular weight is 371 g/mol. The van der Waals surface area contributed by atoms with Crippen LogP contribution in [0.15, 0.2) is 40.9 Å². The van der Waals surface area contributed by atoms with Crippen molar-refractivity contribution in [1.82, 2.24) is 0 Å². The standard InChI is InChI=1S/C13H9BrClN3O3/c14-12-9(18(19)20)2-1-3-10(12)21-11-6-7(15)4-5-8(11)13(16)17/h1-6H,(H3,16,17). The Hall–Kier alpha value is -2.12. The number of nitro groups is 1. The smallest absolute Gasteiger partial charge is 0.287 e. The molecule has 0 saturated heterocycles. The molecule has 0 amide bonds. The zero-order valence-electron chi connectivity index (χ0n) is 10.5. The Kier molecular flexibility index (Phi) is 4.44. The van der Waals surface area contributed by atoms with Crippen molar-refractivity contribution >= 4 is 39.1 Å². The molecule has 0 saturated carbocycles. The van der Waals surface area contributed by atoms with Gasteiger partial charge in [0.25, 0.3) is 5.69 Å². The summed E-state index contributed by atoms with van der Waals surface area (Å²) < 4.78 is 5.82.